The predicted molar refractivity (Wildman–Crippen MR) is 64.9 cm³/mol. The van der Waals surface area contributed by atoms with Crippen molar-refractivity contribution in [2.75, 3.05) is 26.8 Å². The number of nitrogens with two attached hydrogens (primary N) is 1. The summed E-state index contributed by atoms with van der Waals surface area (Å²) in [5.74, 6) is 0.690. The maximum absolute atomic E-state index is 6.01. The van der Waals surface area contributed by atoms with Crippen molar-refractivity contribution in [3.8, 4) is 0 Å². The molecule has 0 amide bonds. The number of methoxy groups -OCH3 is 1. The highest BCUT2D eigenvalue weighted by molar-refractivity contribution is 5.81. The van der Waals surface area contributed by atoms with Crippen LogP contribution in [0.25, 0.3) is 0 Å². The monoisotopic (exact) mass is 239 g/mol. The van der Waals surface area contributed by atoms with E-state index in [-0.39, 0.29) is 5.54 Å². The Labute approximate surface area is 102 Å². The molecule has 1 atom stereocenters. The third-order valence-corrected chi connectivity index (χ3v) is 4.34. The maximum Gasteiger partial charge on any atom is 0.191 e. The van der Waals surface area contributed by atoms with Crippen LogP contribution in [0, 0.1) is 0 Å². The fourth-order valence-corrected chi connectivity index (χ4v) is 3.22. The molecule has 2 fully saturated rings. The van der Waals surface area contributed by atoms with Crippen molar-refractivity contribution >= 4 is 5.96 Å². The Morgan fingerprint density at radius 3 is 3.06 bits per heavy atom. The SMILES string of the molecule is COC1CC2(CN=C(N)N2CC2CCCO2)C1. The van der Waals surface area contributed by atoms with Gasteiger partial charge in [0.25, 0.3) is 0 Å². The average Bonchev–Trinajstić information content (AvgIpc) is 2.87. The summed E-state index contributed by atoms with van der Waals surface area (Å²) in [6.07, 6.45) is 5.11. The van der Waals surface area contributed by atoms with Gasteiger partial charge in [-0.1, -0.05) is 0 Å². The van der Waals surface area contributed by atoms with Gasteiger partial charge >= 0.3 is 0 Å². The lowest BCUT2D eigenvalue weighted by molar-refractivity contribution is -0.0656. The molecule has 1 saturated heterocycles. The molecule has 3 aliphatic rings. The van der Waals surface area contributed by atoms with Crippen molar-refractivity contribution in [2.45, 2.75) is 43.4 Å². The molecule has 17 heavy (non-hydrogen) atoms. The average molecular weight is 239 g/mol. The van der Waals surface area contributed by atoms with Gasteiger partial charge < -0.3 is 20.1 Å². The first kappa shape index (κ1) is 11.3. The second-order valence-electron chi connectivity index (χ2n) is 5.41. The molecule has 2 aliphatic heterocycles. The number of ether oxygens (including phenoxy) is 2. The number of hydrogen-bond acceptors (Lipinski definition) is 5. The molecular formula is C12H21N3O2. The van der Waals surface area contributed by atoms with Crippen LogP contribution in [0.5, 0.6) is 0 Å². The molecule has 0 aromatic carbocycles. The summed E-state index contributed by atoms with van der Waals surface area (Å²) < 4.78 is 11.1. The van der Waals surface area contributed by atoms with Gasteiger partial charge in [0, 0.05) is 20.3 Å². The number of guanidine groups is 1. The smallest absolute Gasteiger partial charge is 0.191 e. The summed E-state index contributed by atoms with van der Waals surface area (Å²) in [5.41, 5.74) is 6.14. The van der Waals surface area contributed by atoms with Gasteiger partial charge in [-0.15, -0.1) is 0 Å². The van der Waals surface area contributed by atoms with Crippen LogP contribution in [0.1, 0.15) is 25.7 Å². The van der Waals surface area contributed by atoms with E-state index in [4.69, 9.17) is 15.2 Å². The minimum atomic E-state index is 0.136. The van der Waals surface area contributed by atoms with Crippen molar-refractivity contribution in [2.24, 2.45) is 10.7 Å². The van der Waals surface area contributed by atoms with Crippen molar-refractivity contribution in [3.05, 3.63) is 0 Å². The topological polar surface area (TPSA) is 60.1 Å². The molecule has 0 bridgehead atoms. The van der Waals surface area contributed by atoms with Crippen molar-refractivity contribution in [1.29, 1.82) is 0 Å². The lowest BCUT2D eigenvalue weighted by Crippen LogP contribution is -2.62. The Morgan fingerprint density at radius 1 is 1.59 bits per heavy atom. The van der Waals surface area contributed by atoms with Crippen LogP contribution < -0.4 is 5.73 Å². The Kier molecular flexibility index (Phi) is 2.75. The third kappa shape index (κ3) is 1.81. The molecule has 3 rings (SSSR count). The van der Waals surface area contributed by atoms with Crippen LogP contribution >= 0.6 is 0 Å². The fourth-order valence-electron chi connectivity index (χ4n) is 3.22. The molecule has 2 heterocycles. The van der Waals surface area contributed by atoms with E-state index in [1.807, 2.05) is 0 Å². The summed E-state index contributed by atoms with van der Waals surface area (Å²) >= 11 is 0. The van der Waals surface area contributed by atoms with Crippen LogP contribution in [0.4, 0.5) is 0 Å². The van der Waals surface area contributed by atoms with Crippen LogP contribution in [-0.4, -0.2) is 55.4 Å². The Morgan fingerprint density at radius 2 is 2.41 bits per heavy atom. The molecule has 96 valence electrons. The Hall–Kier alpha value is -0.810. The zero-order valence-corrected chi connectivity index (χ0v) is 10.4. The van der Waals surface area contributed by atoms with E-state index >= 15 is 0 Å². The van der Waals surface area contributed by atoms with Gasteiger partial charge in [-0.05, 0) is 25.7 Å². The predicted octanol–water partition coefficient (Wildman–Crippen LogP) is 0.343. The molecule has 5 heteroatoms. The molecule has 0 aromatic rings. The molecule has 1 unspecified atom stereocenters. The summed E-state index contributed by atoms with van der Waals surface area (Å²) in [6, 6.07) is 0. The van der Waals surface area contributed by atoms with E-state index in [0.717, 1.165) is 39.0 Å². The third-order valence-electron chi connectivity index (χ3n) is 4.34. The molecule has 5 nitrogen and oxygen atoms in total. The second kappa shape index (κ2) is 4.14. The lowest BCUT2D eigenvalue weighted by atomic mass is 9.73. The van der Waals surface area contributed by atoms with E-state index < -0.39 is 0 Å². The molecule has 1 spiro atoms. The highest BCUT2D eigenvalue weighted by Gasteiger charge is 2.52. The molecule has 0 aromatic heterocycles. The van der Waals surface area contributed by atoms with Crippen LogP contribution in [0.2, 0.25) is 0 Å². The van der Waals surface area contributed by atoms with Gasteiger partial charge in [0.15, 0.2) is 5.96 Å². The molecule has 1 saturated carbocycles. The highest BCUT2D eigenvalue weighted by atomic mass is 16.5. The van der Waals surface area contributed by atoms with Crippen molar-refractivity contribution in [1.82, 2.24) is 4.90 Å². The molecule has 1 aliphatic carbocycles. The first-order chi connectivity index (χ1) is 8.23. The normalized spacial score (nSPS) is 40.8. The number of rotatable bonds is 3. The Bertz CT molecular complexity index is 320. The highest BCUT2D eigenvalue weighted by Crippen LogP contribution is 2.42. The summed E-state index contributed by atoms with van der Waals surface area (Å²) in [6.45, 7) is 2.61. The maximum atomic E-state index is 6.01. The number of hydrogen-bond donors (Lipinski definition) is 1. The summed E-state index contributed by atoms with van der Waals surface area (Å²) in [7, 11) is 1.78. The first-order valence-electron chi connectivity index (χ1n) is 6.45. The number of aliphatic imine (C=N–C) groups is 1. The van der Waals surface area contributed by atoms with Gasteiger partial charge in [0.05, 0.1) is 24.3 Å². The molecule has 2 N–H and O–H groups in total. The van der Waals surface area contributed by atoms with Crippen LogP contribution in [0.3, 0.4) is 0 Å². The van der Waals surface area contributed by atoms with Gasteiger partial charge in [-0.3, -0.25) is 4.99 Å². The summed E-state index contributed by atoms with van der Waals surface area (Å²) in [5, 5.41) is 0. The van der Waals surface area contributed by atoms with Gasteiger partial charge in [-0.2, -0.15) is 0 Å². The fraction of sp³-hybridized carbons (Fsp3) is 0.917. The molecular weight excluding hydrogens is 218 g/mol. The van der Waals surface area contributed by atoms with E-state index in [9.17, 15) is 0 Å². The number of nitrogens with zero attached hydrogens (tertiary/aromatic N) is 2. The van der Waals surface area contributed by atoms with Crippen LogP contribution in [0.15, 0.2) is 4.99 Å². The van der Waals surface area contributed by atoms with Crippen LogP contribution in [-0.2, 0) is 9.47 Å². The van der Waals surface area contributed by atoms with E-state index in [2.05, 4.69) is 9.89 Å². The first-order valence-corrected chi connectivity index (χ1v) is 6.45. The minimum Gasteiger partial charge on any atom is -0.381 e. The minimum absolute atomic E-state index is 0.136. The standard InChI is InChI=1S/C12H21N3O2/c1-16-10-5-12(6-10)8-14-11(13)15(12)7-9-3-2-4-17-9/h9-10H,2-8H2,1H3,(H2,13,14). The summed E-state index contributed by atoms with van der Waals surface area (Å²) in [4.78, 5) is 6.68. The second-order valence-corrected chi connectivity index (χ2v) is 5.41. The van der Waals surface area contributed by atoms with E-state index in [0.29, 0.717) is 18.2 Å². The zero-order valence-electron chi connectivity index (χ0n) is 10.4. The van der Waals surface area contributed by atoms with E-state index in [1.54, 1.807) is 7.11 Å². The van der Waals surface area contributed by atoms with Gasteiger partial charge in [0.1, 0.15) is 0 Å². The zero-order chi connectivity index (χ0) is 11.9. The van der Waals surface area contributed by atoms with Crippen molar-refractivity contribution < 1.29 is 9.47 Å². The van der Waals surface area contributed by atoms with Crippen molar-refractivity contribution in [3.63, 3.8) is 0 Å². The lowest BCUT2D eigenvalue weighted by Gasteiger charge is -2.50. The van der Waals surface area contributed by atoms with E-state index in [1.165, 1.54) is 6.42 Å². The van der Waals surface area contributed by atoms with Gasteiger partial charge in [0.2, 0.25) is 0 Å². The van der Waals surface area contributed by atoms with Gasteiger partial charge in [-0.25, -0.2) is 0 Å². The Balaban J connectivity index is 1.65. The molecule has 0 radical (unpaired) electrons. The largest absolute Gasteiger partial charge is 0.381 e. The quantitative estimate of drug-likeness (QED) is 0.771.